The van der Waals surface area contributed by atoms with Crippen LogP contribution in [0.3, 0.4) is 0 Å². The first kappa shape index (κ1) is 17.9. The molecule has 0 saturated carbocycles. The lowest BCUT2D eigenvalue weighted by atomic mass is 10.0. The van der Waals surface area contributed by atoms with Crippen LogP contribution in [0.25, 0.3) is 0 Å². The number of nitrogens with one attached hydrogen (secondary N) is 1. The molecule has 0 radical (unpaired) electrons. The van der Waals surface area contributed by atoms with Gasteiger partial charge >= 0.3 is 0 Å². The summed E-state index contributed by atoms with van der Waals surface area (Å²) in [5.74, 6) is 1.64. The molecule has 142 valence electrons. The number of carbonyl (C=O) groups excluding carboxylic acids is 1. The van der Waals surface area contributed by atoms with Crippen LogP contribution in [0.15, 0.2) is 61.2 Å². The van der Waals surface area contributed by atoms with Crippen molar-refractivity contribution in [3.05, 3.63) is 78.0 Å². The number of ether oxygens (including phenoxy) is 1. The second-order valence-electron chi connectivity index (χ2n) is 6.45. The van der Waals surface area contributed by atoms with Gasteiger partial charge in [0.15, 0.2) is 0 Å². The molecule has 28 heavy (non-hydrogen) atoms. The first-order valence-corrected chi connectivity index (χ1v) is 9.25. The van der Waals surface area contributed by atoms with E-state index in [1.807, 2.05) is 30.3 Å². The fraction of sp³-hybridized carbons (Fsp3) is 0.238. The highest BCUT2D eigenvalue weighted by Gasteiger charge is 2.25. The highest BCUT2D eigenvalue weighted by Crippen LogP contribution is 2.23. The summed E-state index contributed by atoms with van der Waals surface area (Å²) < 4.78 is 5.70. The van der Waals surface area contributed by atoms with Crippen LogP contribution in [0.1, 0.15) is 21.6 Å². The number of rotatable bonds is 6. The number of para-hydroxylation sites is 1. The van der Waals surface area contributed by atoms with Gasteiger partial charge in [-0.05, 0) is 30.7 Å². The minimum absolute atomic E-state index is 0.0249. The minimum atomic E-state index is -0.0249. The predicted octanol–water partition coefficient (Wildman–Crippen LogP) is 2.56. The molecule has 0 atom stereocenters. The molecule has 1 aliphatic heterocycles. The summed E-state index contributed by atoms with van der Waals surface area (Å²) in [5, 5.41) is 3.33. The molecular weight excluding hydrogens is 354 g/mol. The Morgan fingerprint density at radius 2 is 2.04 bits per heavy atom. The summed E-state index contributed by atoms with van der Waals surface area (Å²) in [7, 11) is 0. The monoisotopic (exact) mass is 375 g/mol. The van der Waals surface area contributed by atoms with E-state index in [4.69, 9.17) is 4.74 Å². The van der Waals surface area contributed by atoms with Crippen LogP contribution in [0.5, 0.6) is 5.75 Å². The van der Waals surface area contributed by atoms with Crippen molar-refractivity contribution in [3.63, 3.8) is 0 Å². The van der Waals surface area contributed by atoms with E-state index < -0.39 is 0 Å². The predicted molar refractivity (Wildman–Crippen MR) is 105 cm³/mol. The van der Waals surface area contributed by atoms with E-state index in [-0.39, 0.29) is 5.91 Å². The number of fused-ring (bicyclic) bond motifs is 1. The topological polar surface area (TPSA) is 80.2 Å². The Morgan fingerprint density at radius 1 is 1.14 bits per heavy atom. The Hall–Kier alpha value is -3.48. The molecule has 1 amide bonds. The molecule has 0 spiro atoms. The summed E-state index contributed by atoms with van der Waals surface area (Å²) in [4.78, 5) is 27.2. The van der Waals surface area contributed by atoms with Gasteiger partial charge in [-0.15, -0.1) is 0 Å². The number of pyridine rings is 1. The van der Waals surface area contributed by atoms with E-state index in [2.05, 4.69) is 20.3 Å². The minimum Gasteiger partial charge on any atom is -0.492 e. The lowest BCUT2D eigenvalue weighted by Gasteiger charge is -2.29. The first-order chi connectivity index (χ1) is 13.8. The van der Waals surface area contributed by atoms with E-state index in [0.29, 0.717) is 38.2 Å². The molecule has 1 N–H and O–H groups in total. The van der Waals surface area contributed by atoms with Crippen molar-refractivity contribution in [2.24, 2.45) is 0 Å². The fourth-order valence-corrected chi connectivity index (χ4v) is 3.21. The van der Waals surface area contributed by atoms with Crippen LogP contribution >= 0.6 is 0 Å². The summed E-state index contributed by atoms with van der Waals surface area (Å²) in [5.41, 5.74) is 2.54. The number of carbonyl (C=O) groups is 1. The molecule has 0 fully saturated rings. The van der Waals surface area contributed by atoms with Crippen LogP contribution in [0, 0.1) is 0 Å². The Balaban J connectivity index is 1.37. The van der Waals surface area contributed by atoms with Crippen molar-refractivity contribution in [3.8, 4) is 5.75 Å². The largest absolute Gasteiger partial charge is 0.492 e. The van der Waals surface area contributed by atoms with Crippen molar-refractivity contribution in [2.75, 3.05) is 25.0 Å². The lowest BCUT2D eigenvalue weighted by Crippen LogP contribution is -2.37. The van der Waals surface area contributed by atoms with Crippen molar-refractivity contribution in [2.45, 2.75) is 13.0 Å². The molecule has 1 aliphatic rings. The highest BCUT2D eigenvalue weighted by atomic mass is 16.5. The maximum atomic E-state index is 12.7. The Morgan fingerprint density at radius 3 is 2.86 bits per heavy atom. The molecule has 1 aromatic carbocycles. The van der Waals surface area contributed by atoms with E-state index in [1.54, 1.807) is 29.4 Å². The SMILES string of the molecule is O=C(c1cccnc1)N1CCc2c(ncnc2NCCOc2ccccc2)C1. The van der Waals surface area contributed by atoms with Gasteiger partial charge in [-0.3, -0.25) is 9.78 Å². The summed E-state index contributed by atoms with van der Waals surface area (Å²) in [6, 6.07) is 13.3. The molecule has 7 heteroatoms. The van der Waals surface area contributed by atoms with E-state index >= 15 is 0 Å². The number of amides is 1. The molecule has 0 unspecified atom stereocenters. The van der Waals surface area contributed by atoms with Gasteiger partial charge in [0, 0.05) is 24.5 Å². The van der Waals surface area contributed by atoms with Crippen LogP contribution in [0.2, 0.25) is 0 Å². The van der Waals surface area contributed by atoms with Crippen molar-refractivity contribution in [1.82, 2.24) is 19.9 Å². The van der Waals surface area contributed by atoms with Crippen LogP contribution in [-0.4, -0.2) is 45.5 Å². The smallest absolute Gasteiger partial charge is 0.255 e. The molecule has 3 aromatic rings. The molecule has 0 aliphatic carbocycles. The van der Waals surface area contributed by atoms with Crippen LogP contribution < -0.4 is 10.1 Å². The molecule has 3 heterocycles. The average Bonchev–Trinajstić information content (AvgIpc) is 2.77. The van der Waals surface area contributed by atoms with Crippen molar-refractivity contribution in [1.29, 1.82) is 0 Å². The second kappa shape index (κ2) is 8.47. The van der Waals surface area contributed by atoms with Crippen molar-refractivity contribution < 1.29 is 9.53 Å². The molecule has 7 nitrogen and oxygen atoms in total. The third kappa shape index (κ3) is 4.09. The molecule has 0 saturated heterocycles. The third-order valence-corrected chi connectivity index (χ3v) is 4.61. The lowest BCUT2D eigenvalue weighted by molar-refractivity contribution is 0.0731. The van der Waals surface area contributed by atoms with Crippen molar-refractivity contribution >= 4 is 11.7 Å². The zero-order valence-corrected chi connectivity index (χ0v) is 15.4. The maximum absolute atomic E-state index is 12.7. The quantitative estimate of drug-likeness (QED) is 0.667. The standard InChI is InChI=1S/C21H21N5O2/c27-21(16-5-4-9-22-13-16)26-11-8-18-19(14-26)24-15-25-20(18)23-10-12-28-17-6-2-1-3-7-17/h1-7,9,13,15H,8,10-12,14H2,(H,23,24,25). The number of aromatic nitrogens is 3. The summed E-state index contributed by atoms with van der Waals surface area (Å²) >= 11 is 0. The van der Waals surface area contributed by atoms with Gasteiger partial charge in [0.2, 0.25) is 0 Å². The zero-order valence-electron chi connectivity index (χ0n) is 15.4. The summed E-state index contributed by atoms with van der Waals surface area (Å²) in [6.45, 7) is 2.27. The van der Waals surface area contributed by atoms with Gasteiger partial charge in [-0.1, -0.05) is 18.2 Å². The Labute approximate surface area is 163 Å². The number of nitrogens with zero attached hydrogens (tertiary/aromatic N) is 4. The molecule has 0 bridgehead atoms. The number of hydrogen-bond donors (Lipinski definition) is 1. The highest BCUT2D eigenvalue weighted by molar-refractivity contribution is 5.94. The number of benzene rings is 1. The maximum Gasteiger partial charge on any atom is 0.255 e. The number of hydrogen-bond acceptors (Lipinski definition) is 6. The van der Waals surface area contributed by atoms with Crippen LogP contribution in [0.4, 0.5) is 5.82 Å². The fourth-order valence-electron chi connectivity index (χ4n) is 3.21. The normalized spacial score (nSPS) is 12.9. The van der Waals surface area contributed by atoms with Gasteiger partial charge in [0.1, 0.15) is 24.5 Å². The van der Waals surface area contributed by atoms with E-state index in [0.717, 1.165) is 22.8 Å². The van der Waals surface area contributed by atoms with Gasteiger partial charge in [-0.25, -0.2) is 9.97 Å². The zero-order chi connectivity index (χ0) is 19.2. The summed E-state index contributed by atoms with van der Waals surface area (Å²) in [6.07, 6.45) is 5.51. The van der Waals surface area contributed by atoms with Gasteiger partial charge in [0.25, 0.3) is 5.91 Å². The molecule has 4 rings (SSSR count). The number of anilines is 1. The second-order valence-corrected chi connectivity index (χ2v) is 6.45. The van der Waals surface area contributed by atoms with Crippen LogP contribution in [-0.2, 0) is 13.0 Å². The first-order valence-electron chi connectivity index (χ1n) is 9.25. The van der Waals surface area contributed by atoms with Gasteiger partial charge < -0.3 is 15.0 Å². The van der Waals surface area contributed by atoms with Gasteiger partial charge in [-0.2, -0.15) is 0 Å². The van der Waals surface area contributed by atoms with E-state index in [9.17, 15) is 4.79 Å². The molecular formula is C21H21N5O2. The average molecular weight is 375 g/mol. The van der Waals surface area contributed by atoms with E-state index in [1.165, 1.54) is 6.33 Å². The third-order valence-electron chi connectivity index (χ3n) is 4.61. The molecule has 2 aromatic heterocycles. The Kier molecular flexibility index (Phi) is 5.42. The Bertz CT molecular complexity index is 934. The van der Waals surface area contributed by atoms with Gasteiger partial charge in [0.05, 0.1) is 24.3 Å².